The summed E-state index contributed by atoms with van der Waals surface area (Å²) in [6.45, 7) is 4.78. The average Bonchev–Trinajstić information content (AvgIpc) is 2.88. The van der Waals surface area contributed by atoms with Crippen LogP contribution >= 0.6 is 11.6 Å². The lowest BCUT2D eigenvalue weighted by Gasteiger charge is -2.12. The Kier molecular flexibility index (Phi) is 5.03. The Morgan fingerprint density at radius 3 is 2.77 bits per heavy atom. The van der Waals surface area contributed by atoms with Crippen LogP contribution in [0.15, 0.2) is 24.4 Å². The van der Waals surface area contributed by atoms with Gasteiger partial charge in [-0.05, 0) is 30.5 Å². The molecule has 1 heterocycles. The number of aryl methyl sites for hydroxylation is 1. The van der Waals surface area contributed by atoms with Crippen LogP contribution in [-0.4, -0.2) is 21.8 Å². The van der Waals surface area contributed by atoms with Gasteiger partial charge in [-0.3, -0.25) is 14.8 Å². The van der Waals surface area contributed by atoms with Gasteiger partial charge in [0.05, 0.1) is 17.6 Å². The minimum absolute atomic E-state index is 0.0516. The van der Waals surface area contributed by atoms with Crippen molar-refractivity contribution < 1.29 is 9.66 Å². The standard InChI is InChI=1S/C15H18ClN3O3/c1-10(2)6-7-18-15(13(9-17-18)19(20)21)12-8-11(16)4-5-14(12)22-3/h4-5,8-10H,6-7H2,1-3H3. The smallest absolute Gasteiger partial charge is 0.315 e. The Morgan fingerprint density at radius 1 is 1.45 bits per heavy atom. The molecular weight excluding hydrogens is 306 g/mol. The Hall–Kier alpha value is -2.08. The lowest BCUT2D eigenvalue weighted by atomic mass is 10.1. The van der Waals surface area contributed by atoms with Crippen LogP contribution in [0.4, 0.5) is 5.69 Å². The number of nitro groups is 1. The second kappa shape index (κ2) is 6.79. The molecule has 22 heavy (non-hydrogen) atoms. The third-order valence-electron chi connectivity index (χ3n) is 3.35. The monoisotopic (exact) mass is 323 g/mol. The maximum atomic E-state index is 11.3. The molecule has 0 radical (unpaired) electrons. The Morgan fingerprint density at radius 2 is 2.18 bits per heavy atom. The largest absolute Gasteiger partial charge is 0.496 e. The molecule has 0 aliphatic carbocycles. The first-order valence-corrected chi connectivity index (χ1v) is 7.36. The van der Waals surface area contributed by atoms with Gasteiger partial charge in [0.1, 0.15) is 17.6 Å². The number of halogens is 1. The zero-order chi connectivity index (χ0) is 16.3. The van der Waals surface area contributed by atoms with Crippen molar-refractivity contribution in [1.82, 2.24) is 9.78 Å². The van der Waals surface area contributed by atoms with E-state index < -0.39 is 4.92 Å². The Labute approximate surface area is 133 Å². The normalized spacial score (nSPS) is 11.0. The molecule has 2 rings (SSSR count). The van der Waals surface area contributed by atoms with Crippen LogP contribution in [0.1, 0.15) is 20.3 Å². The Bertz CT molecular complexity index is 683. The van der Waals surface area contributed by atoms with E-state index in [-0.39, 0.29) is 5.69 Å². The predicted molar refractivity (Wildman–Crippen MR) is 85.3 cm³/mol. The molecule has 2 aromatic rings. The predicted octanol–water partition coefficient (Wildman–Crippen LogP) is 4.17. The summed E-state index contributed by atoms with van der Waals surface area (Å²) in [4.78, 5) is 10.9. The summed E-state index contributed by atoms with van der Waals surface area (Å²) in [5.74, 6) is 0.996. The van der Waals surface area contributed by atoms with Gasteiger partial charge in [-0.2, -0.15) is 5.10 Å². The fourth-order valence-electron chi connectivity index (χ4n) is 2.20. The lowest BCUT2D eigenvalue weighted by molar-refractivity contribution is -0.384. The third kappa shape index (κ3) is 3.39. The van der Waals surface area contributed by atoms with E-state index in [9.17, 15) is 10.1 Å². The van der Waals surface area contributed by atoms with E-state index in [1.807, 2.05) is 0 Å². The van der Waals surface area contributed by atoms with Gasteiger partial charge in [0.2, 0.25) is 0 Å². The van der Waals surface area contributed by atoms with Gasteiger partial charge in [-0.25, -0.2) is 0 Å². The van der Waals surface area contributed by atoms with Crippen molar-refractivity contribution in [2.45, 2.75) is 26.8 Å². The van der Waals surface area contributed by atoms with Crippen LogP contribution in [0.2, 0.25) is 5.02 Å². The van der Waals surface area contributed by atoms with Crippen molar-refractivity contribution in [2.75, 3.05) is 7.11 Å². The lowest BCUT2D eigenvalue weighted by Crippen LogP contribution is -2.06. The summed E-state index contributed by atoms with van der Waals surface area (Å²) < 4.78 is 6.96. The van der Waals surface area contributed by atoms with Crippen molar-refractivity contribution in [3.05, 3.63) is 39.5 Å². The highest BCUT2D eigenvalue weighted by Crippen LogP contribution is 2.38. The van der Waals surface area contributed by atoms with Crippen molar-refractivity contribution >= 4 is 17.3 Å². The van der Waals surface area contributed by atoms with Gasteiger partial charge in [0, 0.05) is 11.6 Å². The van der Waals surface area contributed by atoms with Crippen molar-refractivity contribution in [1.29, 1.82) is 0 Å². The van der Waals surface area contributed by atoms with E-state index in [1.165, 1.54) is 13.3 Å². The number of ether oxygens (including phenoxy) is 1. The molecule has 118 valence electrons. The van der Waals surface area contributed by atoms with Gasteiger partial charge < -0.3 is 4.74 Å². The molecule has 0 bridgehead atoms. The maximum absolute atomic E-state index is 11.3. The molecule has 1 aromatic carbocycles. The highest BCUT2D eigenvalue weighted by Gasteiger charge is 2.25. The number of rotatable bonds is 6. The molecule has 0 fully saturated rings. The van der Waals surface area contributed by atoms with Gasteiger partial charge in [-0.1, -0.05) is 25.4 Å². The Balaban J connectivity index is 2.58. The zero-order valence-corrected chi connectivity index (χ0v) is 13.5. The van der Waals surface area contributed by atoms with Gasteiger partial charge in [0.25, 0.3) is 0 Å². The van der Waals surface area contributed by atoms with E-state index >= 15 is 0 Å². The molecule has 7 heteroatoms. The minimum atomic E-state index is -0.436. The molecule has 0 unspecified atom stereocenters. The molecule has 6 nitrogen and oxygen atoms in total. The second-order valence-electron chi connectivity index (χ2n) is 5.39. The van der Waals surface area contributed by atoms with Gasteiger partial charge in [-0.15, -0.1) is 0 Å². The molecule has 0 aliphatic heterocycles. The molecular formula is C15H18ClN3O3. The number of benzene rings is 1. The van der Waals surface area contributed by atoms with Crippen molar-refractivity contribution in [2.24, 2.45) is 5.92 Å². The number of aromatic nitrogens is 2. The number of hydrogen-bond acceptors (Lipinski definition) is 4. The van der Waals surface area contributed by atoms with Gasteiger partial charge >= 0.3 is 5.69 Å². The van der Waals surface area contributed by atoms with Crippen LogP contribution in [0.5, 0.6) is 5.75 Å². The maximum Gasteiger partial charge on any atom is 0.315 e. The van der Waals surface area contributed by atoms with Crippen LogP contribution in [0, 0.1) is 16.0 Å². The summed E-state index contributed by atoms with van der Waals surface area (Å²) in [5, 5.41) is 16.0. The topological polar surface area (TPSA) is 70.2 Å². The first kappa shape index (κ1) is 16.3. The summed E-state index contributed by atoms with van der Waals surface area (Å²) in [7, 11) is 1.52. The number of nitrogens with zero attached hydrogens (tertiary/aromatic N) is 3. The van der Waals surface area contributed by atoms with E-state index in [0.29, 0.717) is 34.5 Å². The van der Waals surface area contributed by atoms with Crippen molar-refractivity contribution in [3.8, 4) is 17.0 Å². The SMILES string of the molecule is COc1ccc(Cl)cc1-c1c([N+](=O)[O-])cnn1CCC(C)C. The highest BCUT2D eigenvalue weighted by atomic mass is 35.5. The summed E-state index contributed by atoms with van der Waals surface area (Å²) in [5.41, 5.74) is 0.942. The van der Waals surface area contributed by atoms with E-state index in [4.69, 9.17) is 16.3 Å². The summed E-state index contributed by atoms with van der Waals surface area (Å²) >= 11 is 6.05. The van der Waals surface area contributed by atoms with Crippen molar-refractivity contribution in [3.63, 3.8) is 0 Å². The van der Waals surface area contributed by atoms with E-state index in [0.717, 1.165) is 6.42 Å². The zero-order valence-electron chi connectivity index (χ0n) is 12.7. The molecule has 1 aromatic heterocycles. The fraction of sp³-hybridized carbons (Fsp3) is 0.400. The summed E-state index contributed by atoms with van der Waals surface area (Å²) in [6.07, 6.45) is 2.14. The molecule has 0 spiro atoms. The van der Waals surface area contributed by atoms with E-state index in [2.05, 4.69) is 18.9 Å². The van der Waals surface area contributed by atoms with Crippen LogP contribution in [-0.2, 0) is 6.54 Å². The van der Waals surface area contributed by atoms with Crippen LogP contribution in [0.3, 0.4) is 0 Å². The molecule has 0 saturated carbocycles. The third-order valence-corrected chi connectivity index (χ3v) is 3.59. The fourth-order valence-corrected chi connectivity index (χ4v) is 2.37. The molecule has 0 atom stereocenters. The van der Waals surface area contributed by atoms with E-state index in [1.54, 1.807) is 22.9 Å². The number of methoxy groups -OCH3 is 1. The second-order valence-corrected chi connectivity index (χ2v) is 5.82. The quantitative estimate of drug-likeness (QED) is 0.591. The summed E-state index contributed by atoms with van der Waals surface area (Å²) in [6, 6.07) is 5.04. The first-order chi connectivity index (χ1) is 10.4. The highest BCUT2D eigenvalue weighted by molar-refractivity contribution is 6.31. The van der Waals surface area contributed by atoms with Gasteiger partial charge in [0.15, 0.2) is 0 Å². The molecule has 0 N–H and O–H groups in total. The van der Waals surface area contributed by atoms with Crippen LogP contribution < -0.4 is 4.74 Å². The average molecular weight is 324 g/mol. The number of hydrogen-bond donors (Lipinski definition) is 0. The first-order valence-electron chi connectivity index (χ1n) is 6.98. The minimum Gasteiger partial charge on any atom is -0.496 e. The van der Waals surface area contributed by atoms with Crippen LogP contribution in [0.25, 0.3) is 11.3 Å². The molecule has 0 aliphatic rings. The molecule has 0 saturated heterocycles. The molecule has 0 amide bonds.